The van der Waals surface area contributed by atoms with Gasteiger partial charge in [0.2, 0.25) is 5.95 Å². The van der Waals surface area contributed by atoms with Crippen LogP contribution in [0.15, 0.2) is 59.1 Å². The van der Waals surface area contributed by atoms with E-state index < -0.39 is 0 Å². The van der Waals surface area contributed by atoms with Gasteiger partial charge in [-0.3, -0.25) is 4.79 Å². The first kappa shape index (κ1) is 19.8. The van der Waals surface area contributed by atoms with Gasteiger partial charge in [0.1, 0.15) is 5.82 Å². The van der Waals surface area contributed by atoms with Gasteiger partial charge in [-0.15, -0.1) is 0 Å². The van der Waals surface area contributed by atoms with Crippen molar-refractivity contribution in [3.05, 3.63) is 70.3 Å². The normalized spacial score (nSPS) is 10.4. The summed E-state index contributed by atoms with van der Waals surface area (Å²) in [7, 11) is 0. The molecular weight excluding hydrogens is 418 g/mol. The van der Waals surface area contributed by atoms with E-state index in [-0.39, 0.29) is 5.91 Å². The van der Waals surface area contributed by atoms with Crippen molar-refractivity contribution in [2.24, 2.45) is 0 Å². The summed E-state index contributed by atoms with van der Waals surface area (Å²) >= 11 is 3.38. The summed E-state index contributed by atoms with van der Waals surface area (Å²) in [5.74, 6) is 1.18. The third-order valence-electron chi connectivity index (χ3n) is 3.90. The minimum atomic E-state index is -0.157. The molecule has 0 bridgehead atoms. The zero-order valence-corrected chi connectivity index (χ0v) is 17.4. The van der Waals surface area contributed by atoms with Crippen LogP contribution in [-0.4, -0.2) is 22.4 Å². The first-order chi connectivity index (χ1) is 13.5. The second-order valence-corrected chi connectivity index (χ2v) is 7.23. The molecule has 0 spiro atoms. The lowest BCUT2D eigenvalue weighted by Gasteiger charge is -2.10. The van der Waals surface area contributed by atoms with E-state index in [1.54, 1.807) is 12.1 Å². The lowest BCUT2D eigenvalue weighted by atomic mass is 10.2. The Morgan fingerprint density at radius 1 is 1.04 bits per heavy atom. The van der Waals surface area contributed by atoms with Gasteiger partial charge >= 0.3 is 0 Å². The fourth-order valence-electron chi connectivity index (χ4n) is 2.57. The molecule has 1 amide bonds. The Kier molecular flexibility index (Phi) is 6.60. The molecule has 144 valence electrons. The Bertz CT molecular complexity index is 959. The fourth-order valence-corrected chi connectivity index (χ4v) is 2.97. The molecule has 1 heterocycles. The molecule has 0 radical (unpaired) electrons. The summed E-state index contributed by atoms with van der Waals surface area (Å²) in [6, 6.07) is 16.6. The predicted molar refractivity (Wildman–Crippen MR) is 117 cm³/mol. The number of rotatable bonds is 7. The average molecular weight is 440 g/mol. The van der Waals surface area contributed by atoms with Crippen LogP contribution in [0.25, 0.3) is 0 Å². The maximum Gasteiger partial charge on any atom is 0.255 e. The van der Waals surface area contributed by atoms with Gasteiger partial charge in [0, 0.05) is 39.7 Å². The van der Waals surface area contributed by atoms with Crippen molar-refractivity contribution >= 4 is 45.0 Å². The van der Waals surface area contributed by atoms with Crippen molar-refractivity contribution in [3.63, 3.8) is 0 Å². The molecule has 3 N–H and O–H groups in total. The molecule has 2 aromatic carbocycles. The van der Waals surface area contributed by atoms with E-state index in [9.17, 15) is 4.79 Å². The quantitative estimate of drug-likeness (QED) is 0.461. The number of hydrogen-bond donors (Lipinski definition) is 3. The highest BCUT2D eigenvalue weighted by Gasteiger charge is 2.07. The molecule has 0 aliphatic carbocycles. The molecule has 0 aliphatic rings. The molecule has 0 aliphatic heterocycles. The maximum absolute atomic E-state index is 12.3. The SMILES string of the molecule is CCCNc1cc(C)nc(Nc2ccc(NC(=O)c3cccc(Br)c3)cc2)n1. The number of amides is 1. The topological polar surface area (TPSA) is 78.9 Å². The van der Waals surface area contributed by atoms with E-state index in [4.69, 9.17) is 0 Å². The molecule has 1 aromatic heterocycles. The van der Waals surface area contributed by atoms with E-state index in [1.165, 1.54) is 0 Å². The van der Waals surface area contributed by atoms with Crippen LogP contribution in [0.4, 0.5) is 23.1 Å². The van der Waals surface area contributed by atoms with Gasteiger partial charge in [-0.2, -0.15) is 4.98 Å². The van der Waals surface area contributed by atoms with Crippen molar-refractivity contribution in [1.29, 1.82) is 0 Å². The maximum atomic E-state index is 12.3. The molecule has 0 atom stereocenters. The van der Waals surface area contributed by atoms with Crippen molar-refractivity contribution in [2.75, 3.05) is 22.5 Å². The predicted octanol–water partition coefficient (Wildman–Crippen LogP) is 5.37. The molecule has 0 saturated carbocycles. The van der Waals surface area contributed by atoms with Gasteiger partial charge in [0.05, 0.1) is 0 Å². The van der Waals surface area contributed by atoms with Crippen LogP contribution in [0.2, 0.25) is 0 Å². The van der Waals surface area contributed by atoms with Crippen LogP contribution >= 0.6 is 15.9 Å². The highest BCUT2D eigenvalue weighted by molar-refractivity contribution is 9.10. The first-order valence-electron chi connectivity index (χ1n) is 9.07. The molecule has 7 heteroatoms. The number of aromatic nitrogens is 2. The van der Waals surface area contributed by atoms with Crippen LogP contribution in [0, 0.1) is 6.92 Å². The van der Waals surface area contributed by atoms with E-state index in [0.717, 1.165) is 34.6 Å². The van der Waals surface area contributed by atoms with Gasteiger partial charge in [-0.25, -0.2) is 4.98 Å². The molecular formula is C21H22BrN5O. The van der Waals surface area contributed by atoms with Gasteiger partial charge in [-0.1, -0.05) is 28.9 Å². The highest BCUT2D eigenvalue weighted by atomic mass is 79.9. The minimum Gasteiger partial charge on any atom is -0.370 e. The van der Waals surface area contributed by atoms with E-state index in [0.29, 0.717) is 17.2 Å². The number of nitrogens with zero attached hydrogens (tertiary/aromatic N) is 2. The fraction of sp³-hybridized carbons (Fsp3) is 0.190. The molecule has 0 unspecified atom stereocenters. The van der Waals surface area contributed by atoms with Gasteiger partial charge in [0.25, 0.3) is 5.91 Å². The summed E-state index contributed by atoms with van der Waals surface area (Å²) in [5, 5.41) is 9.36. The van der Waals surface area contributed by atoms with Crippen molar-refractivity contribution in [1.82, 2.24) is 9.97 Å². The number of benzene rings is 2. The molecule has 6 nitrogen and oxygen atoms in total. The van der Waals surface area contributed by atoms with E-state index >= 15 is 0 Å². The smallest absolute Gasteiger partial charge is 0.255 e. The zero-order valence-electron chi connectivity index (χ0n) is 15.8. The third-order valence-corrected chi connectivity index (χ3v) is 4.39. The largest absolute Gasteiger partial charge is 0.370 e. The lowest BCUT2D eigenvalue weighted by molar-refractivity contribution is 0.102. The number of carbonyl (C=O) groups excluding carboxylic acids is 1. The number of anilines is 4. The van der Waals surface area contributed by atoms with Crippen LogP contribution in [-0.2, 0) is 0 Å². The highest BCUT2D eigenvalue weighted by Crippen LogP contribution is 2.19. The third kappa shape index (κ3) is 5.53. The monoisotopic (exact) mass is 439 g/mol. The zero-order chi connectivity index (χ0) is 19.9. The van der Waals surface area contributed by atoms with Crippen molar-refractivity contribution in [3.8, 4) is 0 Å². The van der Waals surface area contributed by atoms with Gasteiger partial charge in [0.15, 0.2) is 0 Å². The second-order valence-electron chi connectivity index (χ2n) is 6.31. The second kappa shape index (κ2) is 9.32. The van der Waals surface area contributed by atoms with Crippen LogP contribution in [0.5, 0.6) is 0 Å². The summed E-state index contributed by atoms with van der Waals surface area (Å²) in [5.41, 5.74) is 3.03. The van der Waals surface area contributed by atoms with E-state index in [2.05, 4.69) is 48.8 Å². The van der Waals surface area contributed by atoms with Crippen LogP contribution < -0.4 is 16.0 Å². The molecule has 0 fully saturated rings. The number of aryl methyl sites for hydroxylation is 1. The summed E-state index contributed by atoms with van der Waals surface area (Å²) in [4.78, 5) is 21.2. The van der Waals surface area contributed by atoms with Crippen molar-refractivity contribution in [2.45, 2.75) is 20.3 Å². The molecule has 28 heavy (non-hydrogen) atoms. The van der Waals surface area contributed by atoms with Gasteiger partial charge < -0.3 is 16.0 Å². The number of nitrogens with one attached hydrogen (secondary N) is 3. The molecule has 0 saturated heterocycles. The Labute approximate surface area is 172 Å². The summed E-state index contributed by atoms with van der Waals surface area (Å²) in [6.07, 6.45) is 1.03. The summed E-state index contributed by atoms with van der Waals surface area (Å²) < 4.78 is 0.866. The standard InChI is InChI=1S/C21H22BrN5O/c1-3-11-23-19-12-14(2)24-21(27-19)26-18-9-7-17(8-10-18)25-20(28)15-5-4-6-16(22)13-15/h4-10,12-13H,3,11H2,1-2H3,(H,25,28)(H2,23,24,26,27). The van der Waals surface area contributed by atoms with E-state index in [1.807, 2.05) is 49.4 Å². The minimum absolute atomic E-state index is 0.157. The number of carbonyl (C=O) groups is 1. The number of hydrogen-bond acceptors (Lipinski definition) is 5. The average Bonchev–Trinajstić information content (AvgIpc) is 2.67. The molecule has 3 rings (SSSR count). The van der Waals surface area contributed by atoms with Crippen LogP contribution in [0.1, 0.15) is 29.4 Å². The Balaban J connectivity index is 1.66. The Morgan fingerprint density at radius 2 is 1.79 bits per heavy atom. The van der Waals surface area contributed by atoms with Crippen LogP contribution in [0.3, 0.4) is 0 Å². The van der Waals surface area contributed by atoms with Gasteiger partial charge in [-0.05, 0) is 55.8 Å². The summed E-state index contributed by atoms with van der Waals surface area (Å²) in [6.45, 7) is 4.91. The Morgan fingerprint density at radius 3 is 2.50 bits per heavy atom. The first-order valence-corrected chi connectivity index (χ1v) is 9.86. The number of halogens is 1. The van der Waals surface area contributed by atoms with Crippen molar-refractivity contribution < 1.29 is 4.79 Å². The lowest BCUT2D eigenvalue weighted by Crippen LogP contribution is -2.11. The molecule has 3 aromatic rings. The Hall–Kier alpha value is -2.93.